The summed E-state index contributed by atoms with van der Waals surface area (Å²) in [5, 5.41) is 12.2. The zero-order valence-electron chi connectivity index (χ0n) is 25.4. The molecule has 1 N–H and O–H groups in total. The van der Waals surface area contributed by atoms with E-state index in [1.165, 1.54) is 6.07 Å². The fraction of sp³-hybridized carbons (Fsp3) is 0.500. The first kappa shape index (κ1) is 30.9. The van der Waals surface area contributed by atoms with Gasteiger partial charge in [-0.1, -0.05) is 41.1 Å². The zero-order chi connectivity index (χ0) is 30.9. The van der Waals surface area contributed by atoms with Gasteiger partial charge in [-0.05, 0) is 76.8 Å². The number of nitrogens with one attached hydrogen (secondary N) is 1. The maximum absolute atomic E-state index is 14.8. The van der Waals surface area contributed by atoms with Crippen molar-refractivity contribution in [3.05, 3.63) is 70.8 Å². The quantitative estimate of drug-likeness (QED) is 0.362. The van der Waals surface area contributed by atoms with Gasteiger partial charge < -0.3 is 15.0 Å². The predicted molar refractivity (Wildman–Crippen MR) is 163 cm³/mol. The average molecular weight is 611 g/mol. The van der Waals surface area contributed by atoms with Gasteiger partial charge in [0, 0.05) is 54.8 Å². The van der Waals surface area contributed by atoms with Crippen molar-refractivity contribution in [1.82, 2.24) is 30.1 Å². The van der Waals surface area contributed by atoms with Gasteiger partial charge in [0.05, 0.1) is 17.9 Å². The van der Waals surface area contributed by atoms with Crippen LogP contribution < -0.4 is 5.32 Å². The molecule has 1 aliphatic heterocycles. The monoisotopic (exact) mass is 610 g/mol. The summed E-state index contributed by atoms with van der Waals surface area (Å²) in [7, 11) is 0. The highest BCUT2D eigenvalue weighted by Crippen LogP contribution is 2.37. The van der Waals surface area contributed by atoms with E-state index in [1.54, 1.807) is 23.1 Å². The van der Waals surface area contributed by atoms with E-state index in [2.05, 4.69) is 34.4 Å². The standard InChI is InChI=1S/C32H40ClFN6O3/c1-20-16-38(31(42)43-32(3,4)5)17-21(2)39(20)18-27-19-40(37-36-27)28-12-25(13-28)30(41)35-15-24-7-6-23(14-29(24)34)22-8-10-26(33)11-9-22/h6-11,14,19-21,25,28H,12-13,15-18H2,1-5H3,(H,35,41)/t20-,21+,25?,28?. The molecule has 1 aromatic heterocycles. The summed E-state index contributed by atoms with van der Waals surface area (Å²) in [5.74, 6) is -0.581. The third-order valence-electron chi connectivity index (χ3n) is 8.20. The molecule has 1 saturated heterocycles. The zero-order valence-corrected chi connectivity index (χ0v) is 26.1. The molecule has 2 atom stereocenters. The molecule has 2 fully saturated rings. The Labute approximate surface area is 257 Å². The smallest absolute Gasteiger partial charge is 0.410 e. The molecule has 9 nitrogen and oxygen atoms in total. The molecule has 5 rings (SSSR count). The predicted octanol–water partition coefficient (Wildman–Crippen LogP) is 5.83. The summed E-state index contributed by atoms with van der Waals surface area (Å²) in [6.07, 6.45) is 3.00. The first-order chi connectivity index (χ1) is 20.4. The van der Waals surface area contributed by atoms with Crippen LogP contribution in [0.2, 0.25) is 5.02 Å². The molecule has 230 valence electrons. The normalized spacial score (nSPS) is 22.6. The fourth-order valence-corrected chi connectivity index (χ4v) is 5.88. The second kappa shape index (κ2) is 12.6. The van der Waals surface area contributed by atoms with E-state index in [0.29, 0.717) is 43.1 Å². The van der Waals surface area contributed by atoms with Crippen molar-refractivity contribution in [2.45, 2.75) is 84.3 Å². The van der Waals surface area contributed by atoms with Crippen LogP contribution >= 0.6 is 11.6 Å². The van der Waals surface area contributed by atoms with Crippen molar-refractivity contribution in [1.29, 1.82) is 0 Å². The summed E-state index contributed by atoms with van der Waals surface area (Å²) in [4.78, 5) is 29.4. The summed E-state index contributed by atoms with van der Waals surface area (Å²) >= 11 is 5.95. The number of piperazine rings is 1. The van der Waals surface area contributed by atoms with E-state index in [0.717, 1.165) is 16.8 Å². The molecule has 1 aliphatic carbocycles. The third kappa shape index (κ3) is 7.54. The lowest BCUT2D eigenvalue weighted by Gasteiger charge is -2.44. The van der Waals surface area contributed by atoms with Gasteiger partial charge in [0.1, 0.15) is 11.4 Å². The van der Waals surface area contributed by atoms with Crippen LogP contribution in [-0.4, -0.2) is 67.6 Å². The van der Waals surface area contributed by atoms with Crippen LogP contribution in [0.5, 0.6) is 0 Å². The van der Waals surface area contributed by atoms with Crippen molar-refractivity contribution in [3.63, 3.8) is 0 Å². The Kier molecular flexibility index (Phi) is 9.08. The topological polar surface area (TPSA) is 92.6 Å². The van der Waals surface area contributed by atoms with Crippen LogP contribution in [0.3, 0.4) is 0 Å². The van der Waals surface area contributed by atoms with Gasteiger partial charge in [-0.2, -0.15) is 0 Å². The van der Waals surface area contributed by atoms with Crippen LogP contribution in [0, 0.1) is 11.7 Å². The highest BCUT2D eigenvalue weighted by molar-refractivity contribution is 6.30. The molecule has 0 unspecified atom stereocenters. The average Bonchev–Trinajstić information content (AvgIpc) is 3.36. The largest absolute Gasteiger partial charge is 0.444 e. The molecule has 3 aromatic rings. The van der Waals surface area contributed by atoms with E-state index in [1.807, 2.05) is 49.8 Å². The first-order valence-corrected chi connectivity index (χ1v) is 15.2. The van der Waals surface area contributed by atoms with Crippen LogP contribution in [0.15, 0.2) is 48.7 Å². The van der Waals surface area contributed by atoms with Crippen molar-refractivity contribution in [3.8, 4) is 11.1 Å². The number of ether oxygens (including phenoxy) is 1. The van der Waals surface area contributed by atoms with Crippen LogP contribution in [0.25, 0.3) is 11.1 Å². The Morgan fingerprint density at radius 1 is 1.05 bits per heavy atom. The SMILES string of the molecule is C[C@@H]1CN(C(=O)OC(C)(C)C)C[C@H](C)N1Cc1cn(C2CC(C(=O)NCc3ccc(-c4ccc(Cl)cc4)cc3F)C2)nn1. The second-order valence-corrected chi connectivity index (χ2v) is 13.2. The molecule has 2 aromatic carbocycles. The van der Waals surface area contributed by atoms with Crippen molar-refractivity contribution < 1.29 is 18.7 Å². The first-order valence-electron chi connectivity index (χ1n) is 14.8. The van der Waals surface area contributed by atoms with Gasteiger partial charge in [-0.15, -0.1) is 5.10 Å². The van der Waals surface area contributed by atoms with Gasteiger partial charge in [-0.3, -0.25) is 9.69 Å². The van der Waals surface area contributed by atoms with Crippen molar-refractivity contribution >= 4 is 23.6 Å². The molecule has 2 heterocycles. The number of hydrogen-bond acceptors (Lipinski definition) is 6. The lowest BCUT2D eigenvalue weighted by atomic mass is 9.79. The Hall–Kier alpha value is -3.50. The minimum atomic E-state index is -0.524. The van der Waals surface area contributed by atoms with E-state index in [9.17, 15) is 14.0 Å². The van der Waals surface area contributed by atoms with Crippen molar-refractivity contribution in [2.24, 2.45) is 5.92 Å². The minimum Gasteiger partial charge on any atom is -0.444 e. The summed E-state index contributed by atoms with van der Waals surface area (Å²) in [6, 6.07) is 12.6. The van der Waals surface area contributed by atoms with Gasteiger partial charge in [0.2, 0.25) is 5.91 Å². The number of hydrogen-bond donors (Lipinski definition) is 1. The molecule has 0 bridgehead atoms. The van der Waals surface area contributed by atoms with Crippen LogP contribution in [0.1, 0.15) is 64.8 Å². The Morgan fingerprint density at radius 2 is 1.70 bits per heavy atom. The highest BCUT2D eigenvalue weighted by Gasteiger charge is 2.37. The van der Waals surface area contributed by atoms with E-state index < -0.39 is 5.60 Å². The van der Waals surface area contributed by atoms with E-state index in [4.69, 9.17) is 16.3 Å². The lowest BCUT2D eigenvalue weighted by molar-refractivity contribution is -0.129. The number of aromatic nitrogens is 3. The maximum atomic E-state index is 14.8. The number of halogens is 2. The second-order valence-electron chi connectivity index (χ2n) is 12.8. The molecular formula is C32H40ClFN6O3. The molecule has 0 radical (unpaired) electrons. The number of carbonyl (C=O) groups is 2. The third-order valence-corrected chi connectivity index (χ3v) is 8.45. The number of amides is 2. The Balaban J connectivity index is 1.08. The van der Waals surface area contributed by atoms with E-state index in [-0.39, 0.29) is 48.4 Å². The van der Waals surface area contributed by atoms with Gasteiger partial charge in [0.25, 0.3) is 0 Å². The molecule has 2 aliphatic rings. The number of carbonyl (C=O) groups excluding carboxylic acids is 2. The number of benzene rings is 2. The van der Waals surface area contributed by atoms with Gasteiger partial charge in [-0.25, -0.2) is 13.9 Å². The highest BCUT2D eigenvalue weighted by atomic mass is 35.5. The maximum Gasteiger partial charge on any atom is 0.410 e. The lowest BCUT2D eigenvalue weighted by Crippen LogP contribution is -2.58. The summed E-state index contributed by atoms with van der Waals surface area (Å²) in [5.41, 5.74) is 2.41. The molecule has 1 saturated carbocycles. The summed E-state index contributed by atoms with van der Waals surface area (Å²) in [6.45, 7) is 11.8. The van der Waals surface area contributed by atoms with Gasteiger partial charge >= 0.3 is 6.09 Å². The molecular weight excluding hydrogens is 571 g/mol. The fourth-order valence-electron chi connectivity index (χ4n) is 5.75. The molecule has 43 heavy (non-hydrogen) atoms. The number of nitrogens with zero attached hydrogens (tertiary/aromatic N) is 5. The molecule has 11 heteroatoms. The van der Waals surface area contributed by atoms with Gasteiger partial charge in [0.15, 0.2) is 0 Å². The molecule has 0 spiro atoms. The summed E-state index contributed by atoms with van der Waals surface area (Å²) < 4.78 is 22.2. The Bertz CT molecular complexity index is 1440. The van der Waals surface area contributed by atoms with E-state index >= 15 is 0 Å². The van der Waals surface area contributed by atoms with Crippen molar-refractivity contribution in [2.75, 3.05) is 13.1 Å². The van der Waals surface area contributed by atoms with Crippen LogP contribution in [-0.2, 0) is 22.6 Å². The molecule has 2 amide bonds. The Morgan fingerprint density at radius 3 is 2.33 bits per heavy atom. The minimum absolute atomic E-state index is 0.0803. The van der Waals surface area contributed by atoms with Crippen LogP contribution in [0.4, 0.5) is 9.18 Å². The number of rotatable bonds is 7.